The lowest BCUT2D eigenvalue weighted by Crippen LogP contribution is -2.65. The number of nitrogens with one attached hydrogen (secondary N) is 1. The Balaban J connectivity index is 0.805. The van der Waals surface area contributed by atoms with Crippen LogP contribution in [0.4, 0.5) is 0 Å². The molecule has 0 aromatic heterocycles. The van der Waals surface area contributed by atoms with Crippen molar-refractivity contribution < 1.29 is 133 Å². The average molecular weight is 1530 g/mol. The molecule has 6 fully saturated rings. The topological polar surface area (TPSA) is 305 Å². The molecular weight excluding hydrogens is 1400 g/mol. The third-order valence-corrected chi connectivity index (χ3v) is 22.0. The zero-order valence-electron chi connectivity index (χ0n) is 65.9. The van der Waals surface area contributed by atoms with E-state index < -0.39 is 110 Å². The Morgan fingerprint density at radius 3 is 1.31 bits per heavy atom. The van der Waals surface area contributed by atoms with Crippen molar-refractivity contribution >= 4 is 35.3 Å². The molecular formula is C74H132N2O28S. The number of imide groups is 1. The average Bonchev–Trinajstić information content (AvgIpc) is 1.19. The molecule has 30 nitrogen and oxygen atoms in total. The summed E-state index contributed by atoms with van der Waals surface area (Å²) >= 11 is 1.42. The molecule has 1 N–H and O–H groups in total. The van der Waals surface area contributed by atoms with E-state index in [1.54, 1.807) is 49.8 Å². The second-order valence-corrected chi connectivity index (χ2v) is 29.0. The van der Waals surface area contributed by atoms with Crippen LogP contribution in [-0.4, -0.2) is 330 Å². The number of nitrogens with zero attached hydrogens (tertiary/aromatic N) is 1. The van der Waals surface area contributed by atoms with Crippen LogP contribution in [0.3, 0.4) is 0 Å². The smallest absolute Gasteiger partial charge is 0.246 e. The predicted molar refractivity (Wildman–Crippen MR) is 383 cm³/mol. The first-order chi connectivity index (χ1) is 50.8. The summed E-state index contributed by atoms with van der Waals surface area (Å²) in [5.74, 6) is 0.118. The van der Waals surface area contributed by atoms with Crippen molar-refractivity contribution in [1.29, 1.82) is 0 Å². The molecule has 0 saturated carbocycles. The molecule has 0 aliphatic carbocycles. The van der Waals surface area contributed by atoms with Gasteiger partial charge in [0, 0.05) is 99.7 Å². The van der Waals surface area contributed by atoms with Gasteiger partial charge in [-0.2, -0.15) is 0 Å². The predicted octanol–water partition coefficient (Wildman–Crippen LogP) is 5.72. The third kappa shape index (κ3) is 27.2. The lowest BCUT2D eigenvalue weighted by Gasteiger charge is -2.52. The second kappa shape index (κ2) is 49.9. The molecule has 6 aliphatic heterocycles. The van der Waals surface area contributed by atoms with Gasteiger partial charge in [0.05, 0.1) is 140 Å². The first-order valence-electron chi connectivity index (χ1n) is 38.3. The van der Waals surface area contributed by atoms with Crippen LogP contribution in [0.2, 0.25) is 0 Å². The van der Waals surface area contributed by atoms with Gasteiger partial charge >= 0.3 is 0 Å². The Labute approximate surface area is 628 Å². The monoisotopic (exact) mass is 1530 g/mol. The number of hydrogen-bond donors (Lipinski definition) is 1. The summed E-state index contributed by atoms with van der Waals surface area (Å²) in [4.78, 5) is 50.5. The Morgan fingerprint density at radius 1 is 0.429 bits per heavy atom. The van der Waals surface area contributed by atoms with E-state index in [-0.39, 0.29) is 98.0 Å². The van der Waals surface area contributed by atoms with Crippen molar-refractivity contribution in [3.63, 3.8) is 0 Å². The summed E-state index contributed by atoms with van der Waals surface area (Å²) in [6, 6.07) is 0. The number of methoxy groups -OCH3 is 7. The van der Waals surface area contributed by atoms with Gasteiger partial charge in [-0.05, 0) is 57.8 Å². The molecule has 3 amide bonds. The number of amides is 3. The van der Waals surface area contributed by atoms with Gasteiger partial charge in [0.2, 0.25) is 17.7 Å². The number of likely N-dealkylation sites (tertiary alicyclic amines) is 1. The summed E-state index contributed by atoms with van der Waals surface area (Å²) < 4.78 is 149. The second-order valence-electron chi connectivity index (χ2n) is 27.7. The first-order valence-corrected chi connectivity index (χ1v) is 39.4. The van der Waals surface area contributed by atoms with Crippen molar-refractivity contribution in [3.8, 4) is 0 Å². The van der Waals surface area contributed by atoms with E-state index in [1.807, 2.05) is 27.7 Å². The third-order valence-electron chi connectivity index (χ3n) is 20.8. The standard InChI is InChI=1S/C74H132N2O28S/c1-18-22-24-51(77)25-23-27-76-57(79)43-55(69(76)80)105-42-41-93-36-35-90-31-32-91-37-38-94-44-56(78)75-26-28-88-29-30-89-33-34-92-39-40-95-62-54(21-4)100-74(68(86-16)65(62)83-13)104-61-50(10)97-73(67(85-15)64(61)82-12)102-59-46(6)48(8)71(99-53(59)20-3)103-60-49(9)96-72(66(84-14)63(60)81-11)101-58-45(5)47(7)70(87-17)98-52(58)19-2/h45-50,52-55,58-68,70-74H,18-44H2,1-17H3,(H,75,78)/t45-,46-,47-,48-,49+,50-,52-,53-,54-,55?,58+,59+,60-,61-,62-,63+,64+,65+,66-,67-,68-,70+,71-,72+,73+,74-/m1/s1. The first kappa shape index (κ1) is 91.5. The van der Waals surface area contributed by atoms with Gasteiger partial charge in [0.15, 0.2) is 31.5 Å². The fourth-order valence-corrected chi connectivity index (χ4v) is 15.4. The molecule has 0 spiro atoms. The summed E-state index contributed by atoms with van der Waals surface area (Å²) in [6.45, 7) is 25.8. The molecule has 0 aromatic rings. The molecule has 6 aliphatic rings. The summed E-state index contributed by atoms with van der Waals surface area (Å²) in [6.07, 6.45) is -6.42. The maximum absolute atomic E-state index is 12.7. The van der Waals surface area contributed by atoms with E-state index in [2.05, 4.69) is 46.9 Å². The van der Waals surface area contributed by atoms with Crippen LogP contribution in [0.1, 0.15) is 127 Å². The largest absolute Gasteiger partial charge is 0.378 e. The zero-order chi connectivity index (χ0) is 76.4. The SMILES string of the molecule is CCCCC(=O)CCCN1C(=O)CC(SCCOCCOCCOCCOCC(=O)NCCOCCOCCOCCO[C@H]2[C@H](OC)[C@@H](OC)[C@@H](O[C@H]3[C@H](OC)[C@@H](OC)[C@H](O[C@H]4[C@H](C)[C@@H](C)[C@@H](O[C@H]5[C@H](OC)[C@@H](OC)[C@H](O[C@H]6[C@H](C)[C@@H](C)[C@@H](OC)O[C@@H]6CC)O[C@H]5C)O[C@@H]4CC)O[C@@H]3C)O[C@@H]2CC)C1=O. The molecule has 6 heterocycles. The minimum atomic E-state index is -0.902. The fourth-order valence-electron chi connectivity index (χ4n) is 14.4. The van der Waals surface area contributed by atoms with Crippen LogP contribution in [-0.2, 0) is 133 Å². The highest BCUT2D eigenvalue weighted by molar-refractivity contribution is 8.00. The maximum atomic E-state index is 12.7. The normalized spacial score (nSPS) is 35.4. The van der Waals surface area contributed by atoms with Gasteiger partial charge < -0.3 is 119 Å². The van der Waals surface area contributed by atoms with Crippen LogP contribution < -0.4 is 5.32 Å². The van der Waals surface area contributed by atoms with Crippen LogP contribution in [0, 0.1) is 23.7 Å². The minimum Gasteiger partial charge on any atom is -0.378 e. The zero-order valence-corrected chi connectivity index (χ0v) is 66.7. The van der Waals surface area contributed by atoms with Crippen molar-refractivity contribution in [2.75, 3.05) is 168 Å². The summed E-state index contributed by atoms with van der Waals surface area (Å²) in [7, 11) is 11.4. The molecule has 31 heteroatoms. The number of hydrogen-bond acceptors (Lipinski definition) is 29. The summed E-state index contributed by atoms with van der Waals surface area (Å²) in [5, 5.41) is 2.36. The van der Waals surface area contributed by atoms with E-state index in [9.17, 15) is 19.2 Å². The van der Waals surface area contributed by atoms with Crippen molar-refractivity contribution in [1.82, 2.24) is 10.2 Å². The Bertz CT molecular complexity index is 2400. The van der Waals surface area contributed by atoms with Gasteiger partial charge in [-0.1, -0.05) is 61.8 Å². The van der Waals surface area contributed by atoms with Crippen LogP contribution in [0.15, 0.2) is 0 Å². The van der Waals surface area contributed by atoms with E-state index >= 15 is 0 Å². The summed E-state index contributed by atoms with van der Waals surface area (Å²) in [5.41, 5.74) is 0. The van der Waals surface area contributed by atoms with Gasteiger partial charge in [-0.15, -0.1) is 11.8 Å². The maximum Gasteiger partial charge on any atom is 0.246 e. The molecule has 105 heavy (non-hydrogen) atoms. The van der Waals surface area contributed by atoms with Gasteiger partial charge in [0.25, 0.3) is 0 Å². The lowest BCUT2D eigenvalue weighted by molar-refractivity contribution is -0.383. The number of unbranched alkanes of at least 4 members (excludes halogenated alkanes) is 1. The van der Waals surface area contributed by atoms with Crippen LogP contribution >= 0.6 is 11.8 Å². The molecule has 6 rings (SSSR count). The number of carbonyl (C=O) groups excluding carboxylic acids is 4. The van der Waals surface area contributed by atoms with Gasteiger partial charge in [-0.3, -0.25) is 24.1 Å². The highest BCUT2D eigenvalue weighted by Crippen LogP contribution is 2.43. The fraction of sp³-hybridized carbons (Fsp3) is 0.946. The minimum absolute atomic E-state index is 0.0773. The molecule has 0 aromatic carbocycles. The number of ketones is 1. The van der Waals surface area contributed by atoms with Crippen molar-refractivity contribution in [2.24, 2.45) is 23.7 Å². The van der Waals surface area contributed by atoms with E-state index in [0.29, 0.717) is 130 Å². The van der Waals surface area contributed by atoms with Crippen molar-refractivity contribution in [3.05, 3.63) is 0 Å². The van der Waals surface area contributed by atoms with Crippen molar-refractivity contribution in [2.45, 2.75) is 261 Å². The Hall–Kier alpha value is -2.33. The number of ether oxygens (including phenoxy) is 24. The molecule has 0 radical (unpaired) electrons. The highest BCUT2D eigenvalue weighted by atomic mass is 32.2. The molecule has 0 bridgehead atoms. The number of carbonyl (C=O) groups is 4. The van der Waals surface area contributed by atoms with E-state index in [4.69, 9.17) is 114 Å². The van der Waals surface area contributed by atoms with Crippen LogP contribution in [0.25, 0.3) is 0 Å². The van der Waals surface area contributed by atoms with E-state index in [1.165, 1.54) is 16.7 Å². The van der Waals surface area contributed by atoms with Gasteiger partial charge in [0.1, 0.15) is 67.3 Å². The molecule has 612 valence electrons. The molecule has 6 saturated heterocycles. The lowest BCUT2D eigenvalue weighted by atomic mass is 9.83. The molecule has 26 atom stereocenters. The Kier molecular flexibility index (Phi) is 43.5. The number of rotatable bonds is 53. The Morgan fingerprint density at radius 2 is 0.829 bits per heavy atom. The van der Waals surface area contributed by atoms with Crippen LogP contribution in [0.5, 0.6) is 0 Å². The highest BCUT2D eigenvalue weighted by Gasteiger charge is 2.56. The number of thioether (sulfide) groups is 1. The molecule has 1 unspecified atom stereocenters. The quantitative estimate of drug-likeness (QED) is 0.0562. The number of Topliss-reactive ketones (excluding diaryl/α,β-unsaturated/α-hetero) is 1. The van der Waals surface area contributed by atoms with E-state index in [0.717, 1.165) is 19.3 Å². The van der Waals surface area contributed by atoms with Gasteiger partial charge in [-0.25, -0.2) is 0 Å².